The second-order valence-corrected chi connectivity index (χ2v) is 9.75. The van der Waals surface area contributed by atoms with E-state index in [9.17, 15) is 13.2 Å². The Morgan fingerprint density at radius 2 is 1.73 bits per heavy atom. The fourth-order valence-corrected chi connectivity index (χ4v) is 5.45. The summed E-state index contributed by atoms with van der Waals surface area (Å²) in [5.74, 6) is -0.465. The molecule has 0 saturated carbocycles. The highest BCUT2D eigenvalue weighted by atomic mass is 35.5. The Bertz CT molecular complexity index is 1020. The zero-order valence-corrected chi connectivity index (χ0v) is 18.9. The van der Waals surface area contributed by atoms with E-state index in [2.05, 4.69) is 0 Å². The monoisotopic (exact) mass is 471 g/mol. The molecule has 0 aliphatic carbocycles. The number of carbonyl (C=O) groups excluding carboxylic acids is 1. The number of benzene rings is 2. The number of carbonyl (C=O) groups is 1. The first-order valence-electron chi connectivity index (χ1n) is 9.62. The molecule has 6 nitrogen and oxygen atoms in total. The molecule has 3 rings (SSSR count). The van der Waals surface area contributed by atoms with Crippen LogP contribution in [0.4, 0.5) is 0 Å². The summed E-state index contributed by atoms with van der Waals surface area (Å²) >= 11 is 12.0. The molecule has 1 aliphatic heterocycles. The fourth-order valence-electron chi connectivity index (χ4n) is 3.29. The number of esters is 1. The highest BCUT2D eigenvalue weighted by Crippen LogP contribution is 2.30. The van der Waals surface area contributed by atoms with Crippen molar-refractivity contribution in [2.45, 2.75) is 37.2 Å². The van der Waals surface area contributed by atoms with Crippen molar-refractivity contribution in [1.82, 2.24) is 4.31 Å². The smallest absolute Gasteiger partial charge is 0.338 e. The van der Waals surface area contributed by atoms with Crippen LogP contribution in [0.5, 0.6) is 5.75 Å². The van der Waals surface area contributed by atoms with Crippen molar-refractivity contribution in [2.24, 2.45) is 0 Å². The van der Waals surface area contributed by atoms with Crippen LogP contribution >= 0.6 is 23.2 Å². The number of methoxy groups -OCH3 is 1. The largest absolute Gasteiger partial charge is 0.495 e. The first kappa shape index (κ1) is 22.9. The van der Waals surface area contributed by atoms with Crippen LogP contribution in [-0.4, -0.2) is 38.9 Å². The summed E-state index contributed by atoms with van der Waals surface area (Å²) < 4.78 is 38.5. The van der Waals surface area contributed by atoms with Gasteiger partial charge < -0.3 is 9.47 Å². The van der Waals surface area contributed by atoms with Crippen molar-refractivity contribution in [3.05, 3.63) is 57.6 Å². The Kier molecular flexibility index (Phi) is 7.63. The van der Waals surface area contributed by atoms with Gasteiger partial charge in [0, 0.05) is 28.7 Å². The topological polar surface area (TPSA) is 72.9 Å². The summed E-state index contributed by atoms with van der Waals surface area (Å²) in [6.07, 6.45) is 3.63. The predicted molar refractivity (Wildman–Crippen MR) is 116 cm³/mol. The van der Waals surface area contributed by atoms with E-state index in [0.29, 0.717) is 28.7 Å². The molecule has 162 valence electrons. The summed E-state index contributed by atoms with van der Waals surface area (Å²) in [5.41, 5.74) is 0.717. The molecule has 1 heterocycles. The van der Waals surface area contributed by atoms with Crippen LogP contribution < -0.4 is 4.74 Å². The quantitative estimate of drug-likeness (QED) is 0.558. The van der Waals surface area contributed by atoms with E-state index >= 15 is 0 Å². The third-order valence-corrected chi connectivity index (χ3v) is 7.46. The summed E-state index contributed by atoms with van der Waals surface area (Å²) in [6, 6.07) is 9.14. The molecular formula is C21H23Cl2NO5S. The molecule has 9 heteroatoms. The van der Waals surface area contributed by atoms with Crippen molar-refractivity contribution in [3.63, 3.8) is 0 Å². The third kappa shape index (κ3) is 5.27. The van der Waals surface area contributed by atoms with Crippen molar-refractivity contribution in [2.75, 3.05) is 20.2 Å². The minimum Gasteiger partial charge on any atom is -0.495 e. The van der Waals surface area contributed by atoms with E-state index in [1.807, 2.05) is 0 Å². The highest BCUT2D eigenvalue weighted by Gasteiger charge is 2.29. The van der Waals surface area contributed by atoms with Crippen molar-refractivity contribution < 1.29 is 22.7 Å². The van der Waals surface area contributed by atoms with Gasteiger partial charge in [-0.1, -0.05) is 42.1 Å². The van der Waals surface area contributed by atoms with Crippen LogP contribution in [0.1, 0.15) is 41.6 Å². The van der Waals surface area contributed by atoms with Crippen LogP contribution in [0.3, 0.4) is 0 Å². The molecule has 30 heavy (non-hydrogen) atoms. The number of halogens is 2. The number of rotatable bonds is 6. The van der Waals surface area contributed by atoms with Crippen molar-refractivity contribution in [3.8, 4) is 5.75 Å². The molecule has 0 N–H and O–H groups in total. The average Bonchev–Trinajstić information content (AvgIpc) is 3.02. The maximum Gasteiger partial charge on any atom is 0.338 e. The summed E-state index contributed by atoms with van der Waals surface area (Å²) in [7, 11) is -2.40. The first-order chi connectivity index (χ1) is 14.3. The number of ether oxygens (including phenoxy) is 2. The highest BCUT2D eigenvalue weighted by molar-refractivity contribution is 7.89. The molecular weight excluding hydrogens is 449 g/mol. The lowest BCUT2D eigenvalue weighted by Gasteiger charge is -2.21. The molecule has 0 spiro atoms. The Hall–Kier alpha value is -1.80. The third-order valence-electron chi connectivity index (χ3n) is 4.96. The molecule has 2 aromatic rings. The Labute approximate surface area is 186 Å². The van der Waals surface area contributed by atoms with Gasteiger partial charge in [0.1, 0.15) is 17.3 Å². The van der Waals surface area contributed by atoms with Crippen molar-refractivity contribution >= 4 is 39.2 Å². The van der Waals surface area contributed by atoms with Gasteiger partial charge in [-0.3, -0.25) is 0 Å². The lowest BCUT2D eigenvalue weighted by atomic mass is 10.2. The number of hydrogen-bond donors (Lipinski definition) is 0. The maximum atomic E-state index is 13.2. The molecule has 0 radical (unpaired) electrons. The molecule has 0 unspecified atom stereocenters. The maximum absolute atomic E-state index is 13.2. The zero-order chi connectivity index (χ0) is 21.7. The van der Waals surface area contributed by atoms with Crippen molar-refractivity contribution in [1.29, 1.82) is 0 Å². The average molecular weight is 472 g/mol. The van der Waals surface area contributed by atoms with Gasteiger partial charge in [0.05, 0.1) is 12.7 Å². The van der Waals surface area contributed by atoms with Crippen LogP contribution in [0, 0.1) is 0 Å². The van der Waals surface area contributed by atoms with E-state index in [0.717, 1.165) is 25.7 Å². The molecule has 0 atom stereocenters. The second kappa shape index (κ2) is 10.0. The standard InChI is InChI=1S/C21H23Cl2NO5S/c1-28-19-9-7-15(21(25)29-14-16-6-8-17(22)13-18(16)23)12-20(19)30(26,27)24-10-4-2-3-5-11-24/h6-9,12-13H,2-5,10-11,14H2,1H3. The summed E-state index contributed by atoms with van der Waals surface area (Å²) in [5, 5.41) is 0.864. The summed E-state index contributed by atoms with van der Waals surface area (Å²) in [4.78, 5) is 12.5. The SMILES string of the molecule is COc1ccc(C(=O)OCc2ccc(Cl)cc2Cl)cc1S(=O)(=O)N1CCCCCC1. The van der Waals surface area contributed by atoms with Gasteiger partial charge in [-0.25, -0.2) is 13.2 Å². The molecule has 1 aliphatic rings. The molecule has 0 bridgehead atoms. The minimum atomic E-state index is -3.80. The van der Waals surface area contributed by atoms with Gasteiger partial charge in [0.2, 0.25) is 10.0 Å². The van der Waals surface area contributed by atoms with Gasteiger partial charge >= 0.3 is 5.97 Å². The second-order valence-electron chi connectivity index (χ2n) is 7.00. The molecule has 0 aromatic heterocycles. The number of hydrogen-bond acceptors (Lipinski definition) is 5. The lowest BCUT2D eigenvalue weighted by molar-refractivity contribution is 0.0472. The lowest BCUT2D eigenvalue weighted by Crippen LogP contribution is -2.32. The van der Waals surface area contributed by atoms with Crippen LogP contribution in [0.25, 0.3) is 0 Å². The van der Waals surface area contributed by atoms with Gasteiger partial charge in [-0.2, -0.15) is 4.31 Å². The Balaban J connectivity index is 1.83. The molecule has 1 fully saturated rings. The van der Waals surface area contributed by atoms with Gasteiger partial charge in [-0.15, -0.1) is 0 Å². The first-order valence-corrected chi connectivity index (χ1v) is 11.8. The van der Waals surface area contributed by atoms with E-state index in [-0.39, 0.29) is 22.8 Å². The van der Waals surface area contributed by atoms with Crippen LogP contribution in [-0.2, 0) is 21.4 Å². The van der Waals surface area contributed by atoms with E-state index in [1.54, 1.807) is 18.2 Å². The Morgan fingerprint density at radius 1 is 1.03 bits per heavy atom. The number of nitrogens with zero attached hydrogens (tertiary/aromatic N) is 1. The van der Waals surface area contributed by atoms with E-state index in [1.165, 1.54) is 29.6 Å². The predicted octanol–water partition coefficient (Wildman–Crippen LogP) is 4.92. The van der Waals surface area contributed by atoms with E-state index in [4.69, 9.17) is 32.7 Å². The fraction of sp³-hybridized carbons (Fsp3) is 0.381. The van der Waals surface area contributed by atoms with Crippen LogP contribution in [0.2, 0.25) is 10.0 Å². The molecule has 2 aromatic carbocycles. The molecule has 1 saturated heterocycles. The van der Waals surface area contributed by atoms with Gasteiger partial charge in [0.15, 0.2) is 0 Å². The van der Waals surface area contributed by atoms with E-state index < -0.39 is 16.0 Å². The zero-order valence-electron chi connectivity index (χ0n) is 16.6. The van der Waals surface area contributed by atoms with Gasteiger partial charge in [0.25, 0.3) is 0 Å². The normalized spacial score (nSPS) is 15.4. The van der Waals surface area contributed by atoms with Gasteiger partial charge in [-0.05, 0) is 43.2 Å². The minimum absolute atomic E-state index is 0.0362. The summed E-state index contributed by atoms with van der Waals surface area (Å²) in [6.45, 7) is 0.847. The Morgan fingerprint density at radius 3 is 2.37 bits per heavy atom. The van der Waals surface area contributed by atoms with Crippen LogP contribution in [0.15, 0.2) is 41.3 Å². The number of sulfonamides is 1. The molecule has 0 amide bonds.